The topological polar surface area (TPSA) is 38.7 Å². The van der Waals surface area contributed by atoms with Crippen LogP contribution in [0, 0.1) is 0 Å². The van der Waals surface area contributed by atoms with Gasteiger partial charge in [0.1, 0.15) is 0 Å². The Hall–Kier alpha value is -6.71. The summed E-state index contributed by atoms with van der Waals surface area (Å²) in [6, 6.07) is 65.5. The number of fused-ring (bicyclic) bond motifs is 3. The zero-order chi connectivity index (χ0) is 33.3. The van der Waals surface area contributed by atoms with Gasteiger partial charge < -0.3 is 0 Å². The van der Waals surface area contributed by atoms with Crippen LogP contribution in [0.15, 0.2) is 188 Å². The molecule has 0 fully saturated rings. The first-order valence-corrected chi connectivity index (χ1v) is 16.9. The Morgan fingerprint density at radius 3 is 1.28 bits per heavy atom. The highest BCUT2D eigenvalue weighted by Crippen LogP contribution is 2.36. The molecular weight excluding hydrogens is 607 g/mol. The molecule has 234 valence electrons. The van der Waals surface area contributed by atoms with E-state index in [0.29, 0.717) is 0 Å². The van der Waals surface area contributed by atoms with Gasteiger partial charge in [0.05, 0.1) is 33.8 Å². The van der Waals surface area contributed by atoms with E-state index in [9.17, 15) is 0 Å². The third-order valence-corrected chi connectivity index (χ3v) is 9.27. The van der Waals surface area contributed by atoms with Gasteiger partial charge in [0.2, 0.25) is 0 Å². The number of nitrogens with zero attached hydrogens (tertiary/aromatic N) is 3. The third kappa shape index (κ3) is 5.61. The molecule has 3 heterocycles. The Morgan fingerprint density at radius 2 is 0.700 bits per heavy atom. The smallest absolute Gasteiger partial charge is 0.0978 e. The van der Waals surface area contributed by atoms with Crippen LogP contribution in [0.25, 0.3) is 89.1 Å². The number of rotatable bonds is 6. The predicted molar refractivity (Wildman–Crippen MR) is 207 cm³/mol. The van der Waals surface area contributed by atoms with Gasteiger partial charge >= 0.3 is 0 Å². The summed E-state index contributed by atoms with van der Waals surface area (Å²) < 4.78 is 0. The minimum Gasteiger partial charge on any atom is -0.248 e. The van der Waals surface area contributed by atoms with Gasteiger partial charge in [0.25, 0.3) is 0 Å². The highest BCUT2D eigenvalue weighted by Gasteiger charge is 2.15. The van der Waals surface area contributed by atoms with Crippen LogP contribution in [-0.4, -0.2) is 15.0 Å². The molecule has 0 aliphatic rings. The zero-order valence-electron chi connectivity index (χ0n) is 27.2. The van der Waals surface area contributed by atoms with Crippen molar-refractivity contribution in [2.24, 2.45) is 0 Å². The summed E-state index contributed by atoms with van der Waals surface area (Å²) >= 11 is 0. The molecule has 0 unspecified atom stereocenters. The van der Waals surface area contributed by atoms with Crippen LogP contribution in [-0.2, 0) is 0 Å². The minimum atomic E-state index is 0.892. The molecule has 0 saturated carbocycles. The largest absolute Gasteiger partial charge is 0.248 e. The number of hydrogen-bond acceptors (Lipinski definition) is 3. The summed E-state index contributed by atoms with van der Waals surface area (Å²) in [6.07, 6.45) is 0. The Morgan fingerprint density at radius 1 is 0.260 bits per heavy atom. The molecular formula is C47H31N3. The molecule has 3 heteroatoms. The summed E-state index contributed by atoms with van der Waals surface area (Å²) in [5.41, 5.74) is 14.4. The van der Waals surface area contributed by atoms with Gasteiger partial charge in [-0.1, -0.05) is 164 Å². The molecule has 0 saturated heterocycles. The van der Waals surface area contributed by atoms with Gasteiger partial charge in [-0.3, -0.25) is 0 Å². The van der Waals surface area contributed by atoms with E-state index < -0.39 is 0 Å². The highest BCUT2D eigenvalue weighted by atomic mass is 14.8. The fraction of sp³-hybridized carbons (Fsp3) is 0. The van der Waals surface area contributed by atoms with Crippen LogP contribution in [0.3, 0.4) is 0 Å². The first kappa shape index (κ1) is 29.4. The first-order chi connectivity index (χ1) is 24.8. The minimum absolute atomic E-state index is 0.892. The van der Waals surface area contributed by atoms with Crippen molar-refractivity contribution in [3.05, 3.63) is 188 Å². The fourth-order valence-corrected chi connectivity index (χ4v) is 6.69. The van der Waals surface area contributed by atoms with Crippen molar-refractivity contribution >= 4 is 21.8 Å². The maximum Gasteiger partial charge on any atom is 0.0978 e. The molecule has 0 radical (unpaired) electrons. The molecule has 0 aliphatic heterocycles. The highest BCUT2D eigenvalue weighted by molar-refractivity contribution is 6.09. The fourth-order valence-electron chi connectivity index (χ4n) is 6.69. The van der Waals surface area contributed by atoms with Crippen molar-refractivity contribution in [1.82, 2.24) is 15.0 Å². The van der Waals surface area contributed by atoms with Crippen molar-refractivity contribution in [3.8, 4) is 67.3 Å². The molecule has 3 nitrogen and oxygen atoms in total. The average Bonchev–Trinajstić information content (AvgIpc) is 3.21. The summed E-state index contributed by atoms with van der Waals surface area (Å²) in [6.45, 7) is 0. The van der Waals surface area contributed by atoms with Crippen molar-refractivity contribution in [2.75, 3.05) is 0 Å². The SMILES string of the molecule is c1ccc(-c2cc(-c3ccccc3)nc(-c3ccc(-c4ccc5ccc6c(-c7ccccc7)cc(-c7ccccc7)nc6c5n4)cc3)c2)cc1. The van der Waals surface area contributed by atoms with Gasteiger partial charge in [-0.05, 0) is 46.5 Å². The van der Waals surface area contributed by atoms with E-state index in [-0.39, 0.29) is 0 Å². The van der Waals surface area contributed by atoms with Crippen LogP contribution < -0.4 is 0 Å². The Bertz CT molecular complexity index is 2540. The van der Waals surface area contributed by atoms with Gasteiger partial charge in [-0.2, -0.15) is 0 Å². The van der Waals surface area contributed by atoms with Crippen molar-refractivity contribution in [2.45, 2.75) is 0 Å². The van der Waals surface area contributed by atoms with E-state index in [1.807, 2.05) is 18.2 Å². The van der Waals surface area contributed by atoms with Crippen LogP contribution in [0.1, 0.15) is 0 Å². The molecule has 0 aliphatic carbocycles. The average molecular weight is 638 g/mol. The van der Waals surface area contributed by atoms with Crippen molar-refractivity contribution in [3.63, 3.8) is 0 Å². The van der Waals surface area contributed by atoms with E-state index in [4.69, 9.17) is 15.0 Å². The first-order valence-electron chi connectivity index (χ1n) is 16.9. The molecule has 3 aromatic heterocycles. The predicted octanol–water partition coefficient (Wildman–Crippen LogP) is 12.2. The maximum absolute atomic E-state index is 5.28. The quantitative estimate of drug-likeness (QED) is 0.170. The van der Waals surface area contributed by atoms with E-state index in [2.05, 4.69) is 170 Å². The number of hydrogen-bond donors (Lipinski definition) is 0. The van der Waals surface area contributed by atoms with Gasteiger partial charge in [-0.25, -0.2) is 15.0 Å². The van der Waals surface area contributed by atoms with Gasteiger partial charge in [-0.15, -0.1) is 0 Å². The van der Waals surface area contributed by atoms with E-state index in [1.54, 1.807) is 0 Å². The summed E-state index contributed by atoms with van der Waals surface area (Å²) in [5.74, 6) is 0. The number of benzene rings is 6. The standard InChI is InChI=1S/C47H31N3/c1-5-13-32(14-6-1)39-29-43(34-17-9-3-10-18-34)48-44(30-39)37-23-21-36(22-24-37)42-28-26-38-25-27-40-41(33-15-7-2-8-16-33)31-45(35-19-11-4-12-20-35)50-47(40)46(38)49-42/h1-31H. The normalized spacial score (nSPS) is 11.2. The Balaban J connectivity index is 1.15. The molecule has 0 N–H and O–H groups in total. The monoisotopic (exact) mass is 637 g/mol. The Labute approximate surface area is 291 Å². The van der Waals surface area contributed by atoms with Gasteiger partial charge in [0.15, 0.2) is 0 Å². The van der Waals surface area contributed by atoms with E-state index in [0.717, 1.165) is 89.1 Å². The van der Waals surface area contributed by atoms with Crippen LogP contribution in [0.2, 0.25) is 0 Å². The molecule has 0 bridgehead atoms. The third-order valence-electron chi connectivity index (χ3n) is 9.27. The lowest BCUT2D eigenvalue weighted by Gasteiger charge is -2.13. The van der Waals surface area contributed by atoms with Crippen LogP contribution >= 0.6 is 0 Å². The van der Waals surface area contributed by atoms with Crippen LogP contribution in [0.4, 0.5) is 0 Å². The molecule has 0 spiro atoms. The molecule has 0 atom stereocenters. The van der Waals surface area contributed by atoms with E-state index >= 15 is 0 Å². The zero-order valence-corrected chi connectivity index (χ0v) is 27.2. The van der Waals surface area contributed by atoms with E-state index in [1.165, 1.54) is 0 Å². The Kier molecular flexibility index (Phi) is 7.49. The lowest BCUT2D eigenvalue weighted by atomic mass is 9.97. The molecule has 6 aromatic carbocycles. The van der Waals surface area contributed by atoms with Crippen molar-refractivity contribution in [1.29, 1.82) is 0 Å². The second-order valence-electron chi connectivity index (χ2n) is 12.5. The second kappa shape index (κ2) is 12.7. The summed E-state index contributed by atoms with van der Waals surface area (Å²) in [5, 5.41) is 2.15. The second-order valence-corrected chi connectivity index (χ2v) is 12.5. The molecule has 9 aromatic rings. The van der Waals surface area contributed by atoms with Gasteiger partial charge in [0, 0.05) is 33.0 Å². The lowest BCUT2D eigenvalue weighted by molar-refractivity contribution is 1.32. The summed E-state index contributed by atoms with van der Waals surface area (Å²) in [7, 11) is 0. The number of aromatic nitrogens is 3. The maximum atomic E-state index is 5.28. The molecule has 9 rings (SSSR count). The number of pyridine rings is 3. The lowest BCUT2D eigenvalue weighted by Crippen LogP contribution is -1.94. The van der Waals surface area contributed by atoms with Crippen molar-refractivity contribution < 1.29 is 0 Å². The molecule has 0 amide bonds. The molecule has 50 heavy (non-hydrogen) atoms. The summed E-state index contributed by atoms with van der Waals surface area (Å²) in [4.78, 5) is 15.6. The van der Waals surface area contributed by atoms with Crippen LogP contribution in [0.5, 0.6) is 0 Å².